The van der Waals surface area contributed by atoms with Crippen molar-refractivity contribution in [2.45, 2.75) is 44.6 Å². The summed E-state index contributed by atoms with van der Waals surface area (Å²) in [6, 6.07) is 8.13. The van der Waals surface area contributed by atoms with Crippen LogP contribution in [0.25, 0.3) is 0 Å². The van der Waals surface area contributed by atoms with Gasteiger partial charge in [-0.1, -0.05) is 38.3 Å². The number of benzene rings is 1. The topological polar surface area (TPSA) is 50.8 Å². The van der Waals surface area contributed by atoms with Crippen LogP contribution in [0.4, 0.5) is 5.69 Å². The molecule has 0 radical (unpaired) electrons. The lowest BCUT2D eigenvalue weighted by atomic mass is 9.70. The molecule has 1 aromatic rings. The summed E-state index contributed by atoms with van der Waals surface area (Å²) in [6.45, 7) is 3.10. The zero-order chi connectivity index (χ0) is 14.9. The van der Waals surface area contributed by atoms with Crippen LogP contribution in [0.3, 0.4) is 0 Å². The van der Waals surface area contributed by atoms with E-state index in [9.17, 15) is 0 Å². The van der Waals surface area contributed by atoms with Crippen LogP contribution in [0.5, 0.6) is 5.75 Å². The first-order valence-electron chi connectivity index (χ1n) is 7.96. The Balaban J connectivity index is 2.06. The standard InChI is InChI=1S/C17H25N3O/c1-3-13-8-6-7-11-17(13)12-19-16(18)20(17)14-9-4-5-10-15(14)21-2/h4-5,9-10,13H,3,6-8,11-12H2,1-2H3,(H2,18,19). The monoisotopic (exact) mass is 287 g/mol. The van der Waals surface area contributed by atoms with Gasteiger partial charge in [0.15, 0.2) is 5.96 Å². The van der Waals surface area contributed by atoms with Crippen LogP contribution in [0, 0.1) is 5.92 Å². The molecule has 1 aliphatic heterocycles. The summed E-state index contributed by atoms with van der Waals surface area (Å²) >= 11 is 0. The van der Waals surface area contributed by atoms with Crippen molar-refractivity contribution in [2.24, 2.45) is 16.6 Å². The molecular formula is C17H25N3O. The van der Waals surface area contributed by atoms with Gasteiger partial charge < -0.3 is 15.4 Å². The third kappa shape index (κ3) is 2.17. The van der Waals surface area contributed by atoms with Gasteiger partial charge in [-0.05, 0) is 30.9 Å². The zero-order valence-electron chi connectivity index (χ0n) is 13.0. The summed E-state index contributed by atoms with van der Waals surface area (Å²) in [7, 11) is 1.72. The fraction of sp³-hybridized carbons (Fsp3) is 0.588. The number of nitrogens with zero attached hydrogens (tertiary/aromatic N) is 2. The molecule has 4 nitrogen and oxygen atoms in total. The molecule has 1 fully saturated rings. The van der Waals surface area contributed by atoms with E-state index in [-0.39, 0.29) is 5.54 Å². The van der Waals surface area contributed by atoms with Crippen LogP contribution in [-0.4, -0.2) is 25.2 Å². The highest BCUT2D eigenvalue weighted by atomic mass is 16.5. The molecule has 2 unspecified atom stereocenters. The normalized spacial score (nSPS) is 28.8. The van der Waals surface area contributed by atoms with E-state index in [2.05, 4.69) is 22.9 Å². The second-order valence-electron chi connectivity index (χ2n) is 6.14. The fourth-order valence-corrected chi connectivity index (χ4v) is 4.15. The Kier molecular flexibility index (Phi) is 3.79. The minimum atomic E-state index is 0.0473. The molecule has 2 atom stereocenters. The van der Waals surface area contributed by atoms with Gasteiger partial charge in [0.25, 0.3) is 0 Å². The highest BCUT2D eigenvalue weighted by molar-refractivity contribution is 5.99. The maximum absolute atomic E-state index is 6.28. The molecule has 21 heavy (non-hydrogen) atoms. The van der Waals surface area contributed by atoms with E-state index in [0.717, 1.165) is 24.4 Å². The smallest absolute Gasteiger partial charge is 0.196 e. The van der Waals surface area contributed by atoms with Gasteiger partial charge in [-0.2, -0.15) is 0 Å². The summed E-state index contributed by atoms with van der Waals surface area (Å²) < 4.78 is 5.56. The van der Waals surface area contributed by atoms with Crippen molar-refractivity contribution >= 4 is 11.6 Å². The second-order valence-corrected chi connectivity index (χ2v) is 6.14. The number of guanidine groups is 1. The molecular weight excluding hydrogens is 262 g/mol. The Hall–Kier alpha value is -1.71. The molecule has 0 amide bonds. The van der Waals surface area contributed by atoms with Gasteiger partial charge in [0.05, 0.1) is 24.9 Å². The van der Waals surface area contributed by atoms with Gasteiger partial charge in [-0.25, -0.2) is 0 Å². The summed E-state index contributed by atoms with van der Waals surface area (Å²) in [4.78, 5) is 6.87. The SMILES string of the molecule is CCC1CCCCC12CN=C(N)N2c1ccccc1OC. The maximum Gasteiger partial charge on any atom is 0.196 e. The number of ether oxygens (including phenoxy) is 1. The first-order chi connectivity index (χ1) is 10.2. The molecule has 3 rings (SSSR count). The van der Waals surface area contributed by atoms with E-state index in [1.54, 1.807) is 7.11 Å². The molecule has 4 heteroatoms. The number of hydrogen-bond donors (Lipinski definition) is 1. The summed E-state index contributed by atoms with van der Waals surface area (Å²) in [6.07, 6.45) is 6.18. The van der Waals surface area contributed by atoms with E-state index in [4.69, 9.17) is 10.5 Å². The van der Waals surface area contributed by atoms with Crippen LogP contribution in [0.2, 0.25) is 0 Å². The lowest BCUT2D eigenvalue weighted by Crippen LogP contribution is -2.57. The fourth-order valence-electron chi connectivity index (χ4n) is 4.15. The number of nitrogens with two attached hydrogens (primary N) is 1. The number of para-hydroxylation sites is 2. The lowest BCUT2D eigenvalue weighted by Gasteiger charge is -2.47. The minimum absolute atomic E-state index is 0.0473. The van der Waals surface area contributed by atoms with Crippen molar-refractivity contribution in [3.63, 3.8) is 0 Å². The van der Waals surface area contributed by atoms with Crippen molar-refractivity contribution in [1.29, 1.82) is 0 Å². The van der Waals surface area contributed by atoms with Crippen molar-refractivity contribution in [2.75, 3.05) is 18.6 Å². The lowest BCUT2D eigenvalue weighted by molar-refractivity contribution is 0.200. The average molecular weight is 287 g/mol. The van der Waals surface area contributed by atoms with Gasteiger partial charge in [0.1, 0.15) is 5.75 Å². The summed E-state index contributed by atoms with van der Waals surface area (Å²) in [5, 5.41) is 0. The molecule has 114 valence electrons. The van der Waals surface area contributed by atoms with E-state index in [1.165, 1.54) is 25.7 Å². The van der Waals surface area contributed by atoms with Crippen LogP contribution >= 0.6 is 0 Å². The van der Waals surface area contributed by atoms with Crippen LogP contribution in [0.1, 0.15) is 39.0 Å². The molecule has 2 aliphatic rings. The Morgan fingerprint density at radius 2 is 2.19 bits per heavy atom. The average Bonchev–Trinajstić information content (AvgIpc) is 2.85. The Bertz CT molecular complexity index is 543. The van der Waals surface area contributed by atoms with Crippen LogP contribution in [-0.2, 0) is 0 Å². The Morgan fingerprint density at radius 1 is 1.38 bits per heavy atom. The number of aliphatic imine (C=N–C) groups is 1. The molecule has 2 N–H and O–H groups in total. The zero-order valence-corrected chi connectivity index (χ0v) is 13.0. The van der Waals surface area contributed by atoms with Crippen molar-refractivity contribution in [3.8, 4) is 5.75 Å². The number of methoxy groups -OCH3 is 1. The number of hydrogen-bond acceptors (Lipinski definition) is 4. The summed E-state index contributed by atoms with van der Waals surface area (Å²) in [5.74, 6) is 2.15. The van der Waals surface area contributed by atoms with E-state index >= 15 is 0 Å². The van der Waals surface area contributed by atoms with Gasteiger partial charge >= 0.3 is 0 Å². The molecule has 1 heterocycles. The number of anilines is 1. The predicted molar refractivity (Wildman–Crippen MR) is 86.9 cm³/mol. The molecule has 1 spiro atoms. The minimum Gasteiger partial charge on any atom is -0.495 e. The van der Waals surface area contributed by atoms with Crippen molar-refractivity contribution in [3.05, 3.63) is 24.3 Å². The van der Waals surface area contributed by atoms with Gasteiger partial charge in [-0.3, -0.25) is 4.99 Å². The quantitative estimate of drug-likeness (QED) is 0.929. The second kappa shape index (κ2) is 5.58. The first-order valence-corrected chi connectivity index (χ1v) is 7.96. The van der Waals surface area contributed by atoms with E-state index in [0.29, 0.717) is 11.9 Å². The third-order valence-electron chi connectivity index (χ3n) is 5.18. The molecule has 1 saturated carbocycles. The maximum atomic E-state index is 6.28. The number of rotatable bonds is 3. The highest BCUT2D eigenvalue weighted by Gasteiger charge is 2.49. The van der Waals surface area contributed by atoms with Crippen molar-refractivity contribution < 1.29 is 4.74 Å². The van der Waals surface area contributed by atoms with E-state index < -0.39 is 0 Å². The largest absolute Gasteiger partial charge is 0.495 e. The van der Waals surface area contributed by atoms with E-state index in [1.807, 2.05) is 18.2 Å². The van der Waals surface area contributed by atoms with Gasteiger partial charge in [0, 0.05) is 0 Å². The van der Waals surface area contributed by atoms with Gasteiger partial charge in [-0.15, -0.1) is 0 Å². The highest BCUT2D eigenvalue weighted by Crippen LogP contribution is 2.46. The van der Waals surface area contributed by atoms with Crippen LogP contribution in [0.15, 0.2) is 29.3 Å². The predicted octanol–water partition coefficient (Wildman–Crippen LogP) is 3.17. The third-order valence-corrected chi connectivity index (χ3v) is 5.18. The Morgan fingerprint density at radius 3 is 2.95 bits per heavy atom. The first kappa shape index (κ1) is 14.2. The summed E-state index contributed by atoms with van der Waals surface area (Å²) in [5.41, 5.74) is 7.38. The Labute approximate surface area is 127 Å². The molecule has 0 saturated heterocycles. The molecule has 1 aromatic carbocycles. The molecule has 1 aliphatic carbocycles. The van der Waals surface area contributed by atoms with Crippen LogP contribution < -0.4 is 15.4 Å². The van der Waals surface area contributed by atoms with Crippen molar-refractivity contribution in [1.82, 2.24) is 0 Å². The molecule has 0 bridgehead atoms. The van der Waals surface area contributed by atoms with Gasteiger partial charge in [0.2, 0.25) is 0 Å². The molecule has 0 aromatic heterocycles.